The van der Waals surface area contributed by atoms with Gasteiger partial charge in [-0.1, -0.05) is 36.4 Å². The quantitative estimate of drug-likeness (QED) is 0.658. The molecule has 1 saturated carbocycles. The molecule has 2 aromatic carbocycles. The molecule has 2 aliphatic rings. The summed E-state index contributed by atoms with van der Waals surface area (Å²) in [7, 11) is 0. The van der Waals surface area contributed by atoms with Gasteiger partial charge in [0.15, 0.2) is 0 Å². The number of hydrogen-bond donors (Lipinski definition) is 2. The van der Waals surface area contributed by atoms with Gasteiger partial charge in [0, 0.05) is 49.7 Å². The predicted octanol–water partition coefficient (Wildman–Crippen LogP) is 3.86. The van der Waals surface area contributed by atoms with Crippen LogP contribution in [-0.2, 0) is 0 Å². The Bertz CT molecular complexity index is 1000. The molecule has 0 atom stereocenters. The van der Waals surface area contributed by atoms with Crippen molar-refractivity contribution in [3.8, 4) is 11.3 Å². The monoisotopic (exact) mass is 401 g/mol. The van der Waals surface area contributed by atoms with Crippen LogP contribution < -0.4 is 10.2 Å². The minimum absolute atomic E-state index is 0.158. The molecule has 0 unspecified atom stereocenters. The summed E-state index contributed by atoms with van der Waals surface area (Å²) >= 11 is 0. The number of carbonyl (C=O) groups excluding carboxylic acids is 1. The molecule has 2 N–H and O–H groups in total. The minimum Gasteiger partial charge on any atom is -0.369 e. The molecule has 0 bridgehead atoms. The Morgan fingerprint density at radius 3 is 2.60 bits per heavy atom. The number of nitrogens with one attached hydrogen (secondary N) is 2. The standard InChI is InChI=1S/C24H27N5O/c30-24(22-16-25-27-23(22)19-5-2-1-3-6-19)26-20-7-4-8-21(15-20)29-13-11-28(12-14-29)17-18-9-10-18/h1-8,15-16,18H,9-14,17H2,(H,25,27)(H,26,30). The van der Waals surface area contributed by atoms with Gasteiger partial charge in [-0.2, -0.15) is 5.10 Å². The average molecular weight is 402 g/mol. The van der Waals surface area contributed by atoms with E-state index in [0.29, 0.717) is 5.56 Å². The van der Waals surface area contributed by atoms with Gasteiger partial charge in [0.05, 0.1) is 17.5 Å². The van der Waals surface area contributed by atoms with E-state index in [-0.39, 0.29) is 5.91 Å². The molecule has 154 valence electrons. The van der Waals surface area contributed by atoms with Gasteiger partial charge < -0.3 is 10.2 Å². The van der Waals surface area contributed by atoms with E-state index in [4.69, 9.17) is 0 Å². The highest BCUT2D eigenvalue weighted by Gasteiger charge is 2.26. The summed E-state index contributed by atoms with van der Waals surface area (Å²) in [6.45, 7) is 5.55. The number of H-pyrrole nitrogens is 1. The van der Waals surface area contributed by atoms with Crippen LogP contribution in [0, 0.1) is 5.92 Å². The maximum absolute atomic E-state index is 12.9. The molecule has 1 aromatic heterocycles. The van der Waals surface area contributed by atoms with Crippen molar-refractivity contribution in [3.63, 3.8) is 0 Å². The second kappa shape index (κ2) is 8.32. The number of hydrogen-bond acceptors (Lipinski definition) is 4. The van der Waals surface area contributed by atoms with E-state index < -0.39 is 0 Å². The molecule has 0 radical (unpaired) electrons. The van der Waals surface area contributed by atoms with Crippen LogP contribution >= 0.6 is 0 Å². The van der Waals surface area contributed by atoms with Gasteiger partial charge >= 0.3 is 0 Å². The Morgan fingerprint density at radius 2 is 1.83 bits per heavy atom. The number of amides is 1. The smallest absolute Gasteiger partial charge is 0.259 e. The lowest BCUT2D eigenvalue weighted by Crippen LogP contribution is -2.47. The second-order valence-corrected chi connectivity index (χ2v) is 8.26. The number of piperazine rings is 1. The van der Waals surface area contributed by atoms with E-state index in [1.54, 1.807) is 6.20 Å². The van der Waals surface area contributed by atoms with E-state index in [1.807, 2.05) is 42.5 Å². The third-order valence-corrected chi connectivity index (χ3v) is 6.00. The summed E-state index contributed by atoms with van der Waals surface area (Å²) in [6, 6.07) is 17.9. The van der Waals surface area contributed by atoms with E-state index in [9.17, 15) is 4.79 Å². The molecule has 0 spiro atoms. The predicted molar refractivity (Wildman–Crippen MR) is 120 cm³/mol. The van der Waals surface area contributed by atoms with Crippen molar-refractivity contribution in [2.24, 2.45) is 5.92 Å². The normalized spacial score (nSPS) is 17.1. The number of carbonyl (C=O) groups is 1. The van der Waals surface area contributed by atoms with Crippen LogP contribution in [0.15, 0.2) is 60.8 Å². The van der Waals surface area contributed by atoms with Crippen LogP contribution in [0.5, 0.6) is 0 Å². The number of benzene rings is 2. The third-order valence-electron chi connectivity index (χ3n) is 6.00. The largest absolute Gasteiger partial charge is 0.369 e. The lowest BCUT2D eigenvalue weighted by molar-refractivity contribution is 0.102. The zero-order chi connectivity index (χ0) is 20.3. The topological polar surface area (TPSA) is 64.3 Å². The molecule has 30 heavy (non-hydrogen) atoms. The molecular weight excluding hydrogens is 374 g/mol. The lowest BCUT2D eigenvalue weighted by atomic mass is 10.1. The molecule has 1 saturated heterocycles. The molecule has 3 aromatic rings. The highest BCUT2D eigenvalue weighted by Crippen LogP contribution is 2.30. The third kappa shape index (κ3) is 4.24. The van der Waals surface area contributed by atoms with Crippen LogP contribution in [0.3, 0.4) is 0 Å². The maximum atomic E-state index is 12.9. The van der Waals surface area contributed by atoms with E-state index in [2.05, 4.69) is 37.4 Å². The molecule has 1 aliphatic carbocycles. The Kier molecular flexibility index (Phi) is 5.24. The maximum Gasteiger partial charge on any atom is 0.259 e. The van der Waals surface area contributed by atoms with Crippen LogP contribution in [0.2, 0.25) is 0 Å². The highest BCUT2D eigenvalue weighted by molar-refractivity contribution is 6.08. The average Bonchev–Trinajstić information content (AvgIpc) is 3.46. The zero-order valence-electron chi connectivity index (χ0n) is 17.1. The van der Waals surface area contributed by atoms with E-state index in [0.717, 1.165) is 54.7 Å². The number of aromatic nitrogens is 2. The van der Waals surface area contributed by atoms with Crippen molar-refractivity contribution in [1.29, 1.82) is 0 Å². The first-order chi connectivity index (χ1) is 14.8. The van der Waals surface area contributed by atoms with Gasteiger partial charge in [-0.05, 0) is 37.0 Å². The SMILES string of the molecule is O=C(Nc1cccc(N2CCN(CC3CC3)CC2)c1)c1cn[nH]c1-c1ccccc1. The Labute approximate surface area is 176 Å². The Balaban J connectivity index is 1.25. The minimum atomic E-state index is -0.158. The van der Waals surface area contributed by atoms with Crippen molar-refractivity contribution in [3.05, 3.63) is 66.4 Å². The fourth-order valence-electron chi connectivity index (χ4n) is 4.12. The molecule has 6 heteroatoms. The Hall–Kier alpha value is -3.12. The van der Waals surface area contributed by atoms with E-state index >= 15 is 0 Å². The molecular formula is C24H27N5O. The van der Waals surface area contributed by atoms with Gasteiger partial charge in [0.25, 0.3) is 5.91 Å². The summed E-state index contributed by atoms with van der Waals surface area (Å²) < 4.78 is 0. The summed E-state index contributed by atoms with van der Waals surface area (Å²) in [5, 5.41) is 10.1. The molecule has 1 aliphatic heterocycles. The highest BCUT2D eigenvalue weighted by atomic mass is 16.1. The van der Waals surface area contributed by atoms with Gasteiger partial charge in [-0.15, -0.1) is 0 Å². The molecule has 2 heterocycles. The van der Waals surface area contributed by atoms with Crippen molar-refractivity contribution in [2.45, 2.75) is 12.8 Å². The first kappa shape index (κ1) is 18.9. The first-order valence-corrected chi connectivity index (χ1v) is 10.7. The lowest BCUT2D eigenvalue weighted by Gasteiger charge is -2.36. The van der Waals surface area contributed by atoms with Crippen molar-refractivity contribution < 1.29 is 4.79 Å². The van der Waals surface area contributed by atoms with Gasteiger partial charge in [-0.3, -0.25) is 14.8 Å². The molecule has 5 rings (SSSR count). The van der Waals surface area contributed by atoms with Crippen LogP contribution in [-0.4, -0.2) is 53.7 Å². The summed E-state index contributed by atoms with van der Waals surface area (Å²) in [5.74, 6) is 0.785. The van der Waals surface area contributed by atoms with Crippen LogP contribution in [0.25, 0.3) is 11.3 Å². The van der Waals surface area contributed by atoms with Gasteiger partial charge in [0.2, 0.25) is 0 Å². The van der Waals surface area contributed by atoms with Crippen LogP contribution in [0.4, 0.5) is 11.4 Å². The molecule has 2 fully saturated rings. The number of rotatable bonds is 6. The molecule has 6 nitrogen and oxygen atoms in total. The van der Waals surface area contributed by atoms with Gasteiger partial charge in [-0.25, -0.2) is 0 Å². The Morgan fingerprint density at radius 1 is 1.03 bits per heavy atom. The first-order valence-electron chi connectivity index (χ1n) is 10.7. The zero-order valence-corrected chi connectivity index (χ0v) is 17.1. The van der Waals surface area contributed by atoms with Crippen molar-refractivity contribution in [1.82, 2.24) is 15.1 Å². The summed E-state index contributed by atoms with van der Waals surface area (Å²) in [4.78, 5) is 17.9. The molecule has 1 amide bonds. The van der Waals surface area contributed by atoms with Crippen LogP contribution in [0.1, 0.15) is 23.2 Å². The van der Waals surface area contributed by atoms with Crippen molar-refractivity contribution >= 4 is 17.3 Å². The number of nitrogens with zero attached hydrogens (tertiary/aromatic N) is 3. The summed E-state index contributed by atoms with van der Waals surface area (Å²) in [6.07, 6.45) is 4.40. The summed E-state index contributed by atoms with van der Waals surface area (Å²) in [5.41, 5.74) is 4.18. The second-order valence-electron chi connectivity index (χ2n) is 8.26. The fraction of sp³-hybridized carbons (Fsp3) is 0.333. The number of aromatic amines is 1. The van der Waals surface area contributed by atoms with E-state index in [1.165, 1.54) is 19.4 Å². The fourth-order valence-corrected chi connectivity index (χ4v) is 4.12. The van der Waals surface area contributed by atoms with Crippen molar-refractivity contribution in [2.75, 3.05) is 42.9 Å². The van der Waals surface area contributed by atoms with Gasteiger partial charge in [0.1, 0.15) is 0 Å². The number of anilines is 2.